The fourth-order valence-electron chi connectivity index (χ4n) is 2.52. The summed E-state index contributed by atoms with van der Waals surface area (Å²) < 4.78 is 0. The molecule has 0 radical (unpaired) electrons. The van der Waals surface area contributed by atoms with Gasteiger partial charge in [-0.05, 0) is 23.6 Å². The van der Waals surface area contributed by atoms with Gasteiger partial charge < -0.3 is 10.6 Å². The molecule has 0 saturated heterocycles. The maximum Gasteiger partial charge on any atom is 0.273 e. The molecule has 6 heteroatoms. The molecule has 2 amide bonds. The molecule has 27 heavy (non-hydrogen) atoms. The Morgan fingerprint density at radius 2 is 1.70 bits per heavy atom. The van der Waals surface area contributed by atoms with E-state index in [4.69, 9.17) is 0 Å². The topological polar surface area (TPSA) is 86.9 Å². The number of aromatic nitrogens is 2. The minimum atomic E-state index is -0.338. The van der Waals surface area contributed by atoms with Gasteiger partial charge in [-0.25, -0.2) is 0 Å². The van der Waals surface area contributed by atoms with Crippen molar-refractivity contribution in [3.8, 4) is 0 Å². The molecule has 0 fully saturated rings. The lowest BCUT2D eigenvalue weighted by Crippen LogP contribution is -2.27. The second-order valence-corrected chi connectivity index (χ2v) is 5.87. The second kappa shape index (κ2) is 9.15. The third-order valence-electron chi connectivity index (χ3n) is 3.88. The molecular weight excluding hydrogens is 340 g/mol. The van der Waals surface area contributed by atoms with E-state index in [1.807, 2.05) is 60.7 Å². The van der Waals surface area contributed by atoms with Crippen LogP contribution in [0.2, 0.25) is 0 Å². The monoisotopic (exact) mass is 360 g/mol. The lowest BCUT2D eigenvalue weighted by atomic mass is 10.1. The SMILES string of the molecule is O=C(C=Cc1ccccc1)Nc1c[nH]nc1C(=O)NCCc1ccccc1. The molecule has 3 rings (SSSR count). The molecule has 0 saturated carbocycles. The Bertz CT molecular complexity index is 918. The van der Waals surface area contributed by atoms with E-state index in [2.05, 4.69) is 20.8 Å². The third-order valence-corrected chi connectivity index (χ3v) is 3.88. The highest BCUT2D eigenvalue weighted by Gasteiger charge is 2.15. The molecule has 3 aromatic rings. The van der Waals surface area contributed by atoms with Gasteiger partial charge in [0.15, 0.2) is 5.69 Å². The van der Waals surface area contributed by atoms with Crippen LogP contribution in [0.15, 0.2) is 72.9 Å². The second-order valence-electron chi connectivity index (χ2n) is 5.87. The number of hydrogen-bond donors (Lipinski definition) is 3. The Balaban J connectivity index is 1.54. The maximum absolute atomic E-state index is 12.3. The Morgan fingerprint density at radius 3 is 2.44 bits per heavy atom. The highest BCUT2D eigenvalue weighted by atomic mass is 16.2. The Morgan fingerprint density at radius 1 is 1.00 bits per heavy atom. The lowest BCUT2D eigenvalue weighted by molar-refractivity contribution is -0.111. The maximum atomic E-state index is 12.3. The lowest BCUT2D eigenvalue weighted by Gasteiger charge is -2.05. The van der Waals surface area contributed by atoms with E-state index in [-0.39, 0.29) is 17.5 Å². The molecule has 1 aromatic heterocycles. The van der Waals surface area contributed by atoms with E-state index < -0.39 is 0 Å². The van der Waals surface area contributed by atoms with Crippen LogP contribution in [0.5, 0.6) is 0 Å². The summed E-state index contributed by atoms with van der Waals surface area (Å²) in [6, 6.07) is 19.4. The van der Waals surface area contributed by atoms with Crippen LogP contribution >= 0.6 is 0 Å². The van der Waals surface area contributed by atoms with Crippen LogP contribution in [0.3, 0.4) is 0 Å². The summed E-state index contributed by atoms with van der Waals surface area (Å²) in [7, 11) is 0. The number of rotatable bonds is 7. The third kappa shape index (κ3) is 5.40. The predicted molar refractivity (Wildman–Crippen MR) is 105 cm³/mol. The van der Waals surface area contributed by atoms with Gasteiger partial charge in [0.05, 0.1) is 5.69 Å². The predicted octanol–water partition coefficient (Wildman–Crippen LogP) is 3.03. The Labute approximate surface area is 157 Å². The molecular formula is C21H20N4O2. The highest BCUT2D eigenvalue weighted by molar-refractivity contribution is 6.06. The van der Waals surface area contributed by atoms with Crippen molar-refractivity contribution in [2.24, 2.45) is 0 Å². The van der Waals surface area contributed by atoms with Crippen LogP contribution in [0.4, 0.5) is 5.69 Å². The van der Waals surface area contributed by atoms with Crippen molar-refractivity contribution in [1.29, 1.82) is 0 Å². The van der Waals surface area contributed by atoms with Crippen LogP contribution in [0.25, 0.3) is 6.08 Å². The molecule has 0 aliphatic rings. The first-order chi connectivity index (χ1) is 13.2. The Kier molecular flexibility index (Phi) is 6.14. The van der Waals surface area contributed by atoms with Gasteiger partial charge in [-0.2, -0.15) is 5.10 Å². The van der Waals surface area contributed by atoms with E-state index in [1.165, 1.54) is 12.3 Å². The summed E-state index contributed by atoms with van der Waals surface area (Å²) in [5.41, 5.74) is 2.55. The molecule has 0 aliphatic carbocycles. The van der Waals surface area contributed by atoms with Crippen molar-refractivity contribution >= 4 is 23.6 Å². The van der Waals surface area contributed by atoms with Crippen molar-refractivity contribution < 1.29 is 9.59 Å². The normalized spacial score (nSPS) is 10.7. The average Bonchev–Trinajstić information content (AvgIpc) is 3.16. The van der Waals surface area contributed by atoms with Gasteiger partial charge in [-0.1, -0.05) is 60.7 Å². The molecule has 0 unspecified atom stereocenters. The first-order valence-corrected chi connectivity index (χ1v) is 8.62. The average molecular weight is 360 g/mol. The van der Waals surface area contributed by atoms with Crippen LogP contribution in [0, 0.1) is 0 Å². The number of amides is 2. The summed E-state index contributed by atoms with van der Waals surface area (Å²) >= 11 is 0. The molecule has 136 valence electrons. The van der Waals surface area contributed by atoms with Crippen molar-refractivity contribution in [1.82, 2.24) is 15.5 Å². The largest absolute Gasteiger partial charge is 0.350 e. The smallest absolute Gasteiger partial charge is 0.273 e. The summed E-state index contributed by atoms with van der Waals surface area (Å²) in [5.74, 6) is -0.673. The quantitative estimate of drug-likeness (QED) is 0.566. The number of nitrogens with zero attached hydrogens (tertiary/aromatic N) is 1. The van der Waals surface area contributed by atoms with E-state index in [1.54, 1.807) is 6.08 Å². The standard InChI is InChI=1S/C21H20N4O2/c26-19(12-11-16-7-3-1-4-8-16)24-18-15-23-25-20(18)21(27)22-14-13-17-9-5-2-6-10-17/h1-12,15H,13-14H2,(H,22,27)(H,23,25)(H,24,26). The molecule has 3 N–H and O–H groups in total. The van der Waals surface area contributed by atoms with Crippen molar-refractivity contribution in [2.75, 3.05) is 11.9 Å². The Hall–Kier alpha value is -3.67. The minimum absolute atomic E-state index is 0.157. The van der Waals surface area contributed by atoms with Crippen molar-refractivity contribution in [3.05, 3.63) is 89.8 Å². The zero-order valence-electron chi connectivity index (χ0n) is 14.7. The van der Waals surface area contributed by atoms with Gasteiger partial charge in [-0.3, -0.25) is 14.7 Å². The van der Waals surface area contributed by atoms with Crippen LogP contribution < -0.4 is 10.6 Å². The van der Waals surface area contributed by atoms with Crippen LogP contribution in [-0.2, 0) is 11.2 Å². The van der Waals surface area contributed by atoms with Gasteiger partial charge in [0, 0.05) is 18.8 Å². The zero-order chi connectivity index (χ0) is 18.9. The van der Waals surface area contributed by atoms with Crippen LogP contribution in [-0.4, -0.2) is 28.6 Å². The van der Waals surface area contributed by atoms with E-state index >= 15 is 0 Å². The summed E-state index contributed by atoms with van der Waals surface area (Å²) in [4.78, 5) is 24.4. The fraction of sp³-hybridized carbons (Fsp3) is 0.0952. The number of anilines is 1. The first-order valence-electron chi connectivity index (χ1n) is 8.62. The number of carbonyl (C=O) groups excluding carboxylic acids is 2. The number of hydrogen-bond acceptors (Lipinski definition) is 3. The summed E-state index contributed by atoms with van der Waals surface area (Å²) in [6.07, 6.45) is 5.33. The van der Waals surface area contributed by atoms with E-state index in [0.717, 1.165) is 17.5 Å². The van der Waals surface area contributed by atoms with Gasteiger partial charge in [0.25, 0.3) is 5.91 Å². The number of benzene rings is 2. The van der Waals surface area contributed by atoms with E-state index in [0.29, 0.717) is 12.2 Å². The number of aromatic amines is 1. The highest BCUT2D eigenvalue weighted by Crippen LogP contribution is 2.12. The van der Waals surface area contributed by atoms with Gasteiger partial charge >= 0.3 is 0 Å². The molecule has 0 bridgehead atoms. The minimum Gasteiger partial charge on any atom is -0.350 e. The molecule has 2 aromatic carbocycles. The van der Waals surface area contributed by atoms with Crippen LogP contribution in [0.1, 0.15) is 21.6 Å². The van der Waals surface area contributed by atoms with Crippen molar-refractivity contribution in [3.63, 3.8) is 0 Å². The first kappa shape index (κ1) is 18.1. The van der Waals surface area contributed by atoms with Gasteiger partial charge in [0.1, 0.15) is 0 Å². The summed E-state index contributed by atoms with van der Waals surface area (Å²) in [6.45, 7) is 0.483. The number of carbonyl (C=O) groups is 2. The molecule has 0 aliphatic heterocycles. The molecule has 0 atom stereocenters. The van der Waals surface area contributed by atoms with Gasteiger partial charge in [-0.15, -0.1) is 0 Å². The number of H-pyrrole nitrogens is 1. The number of nitrogens with one attached hydrogen (secondary N) is 3. The van der Waals surface area contributed by atoms with Crippen molar-refractivity contribution in [2.45, 2.75) is 6.42 Å². The fourth-order valence-corrected chi connectivity index (χ4v) is 2.52. The summed E-state index contributed by atoms with van der Waals surface area (Å²) in [5, 5.41) is 12.0. The van der Waals surface area contributed by atoms with Gasteiger partial charge in [0.2, 0.25) is 5.91 Å². The van der Waals surface area contributed by atoms with E-state index in [9.17, 15) is 9.59 Å². The zero-order valence-corrected chi connectivity index (χ0v) is 14.7. The molecule has 6 nitrogen and oxygen atoms in total. The molecule has 1 heterocycles. The molecule has 0 spiro atoms.